The second kappa shape index (κ2) is 7.17. The average molecular weight is 324 g/mol. The third kappa shape index (κ3) is 3.45. The van der Waals surface area contributed by atoms with Crippen molar-refractivity contribution in [2.24, 2.45) is 13.0 Å². The van der Waals surface area contributed by atoms with Crippen molar-refractivity contribution in [3.05, 3.63) is 20.8 Å². The summed E-state index contributed by atoms with van der Waals surface area (Å²) in [6.45, 7) is 7.20. The van der Waals surface area contributed by atoms with Gasteiger partial charge in [0.15, 0.2) is 16.3 Å². The van der Waals surface area contributed by atoms with Crippen LogP contribution >= 0.6 is 11.8 Å². The molecule has 0 aliphatic heterocycles. The highest BCUT2D eigenvalue weighted by atomic mass is 32.2. The number of thioether (sulfide) groups is 1. The van der Waals surface area contributed by atoms with Gasteiger partial charge in [-0.25, -0.2) is 9.78 Å². The lowest BCUT2D eigenvalue weighted by atomic mass is 10.1. The largest absolute Gasteiger partial charge is 0.329 e. The molecule has 0 radical (unpaired) electrons. The van der Waals surface area contributed by atoms with Gasteiger partial charge in [-0.1, -0.05) is 39.0 Å². The normalized spacial score (nSPS) is 11.7. The molecule has 0 fully saturated rings. The number of unbranched alkanes of at least 4 members (excludes halogenated alkanes) is 1. The molecule has 22 heavy (non-hydrogen) atoms. The smallest absolute Gasteiger partial charge is 0.313 e. The number of aryl methyl sites for hydroxylation is 2. The molecule has 0 bridgehead atoms. The van der Waals surface area contributed by atoms with E-state index in [2.05, 4.69) is 30.7 Å². The Hall–Kier alpha value is -1.50. The van der Waals surface area contributed by atoms with Gasteiger partial charge in [-0.15, -0.1) is 0 Å². The molecule has 0 spiro atoms. The maximum absolute atomic E-state index is 12.2. The predicted molar refractivity (Wildman–Crippen MR) is 90.7 cm³/mol. The second-order valence-corrected chi connectivity index (χ2v) is 6.98. The quantitative estimate of drug-likeness (QED) is 0.627. The second-order valence-electron chi connectivity index (χ2n) is 5.92. The minimum atomic E-state index is -0.420. The molecule has 2 rings (SSSR count). The van der Waals surface area contributed by atoms with E-state index in [1.165, 1.54) is 4.57 Å². The van der Waals surface area contributed by atoms with Crippen molar-refractivity contribution in [2.75, 3.05) is 5.75 Å². The molecular weight excluding hydrogens is 300 g/mol. The molecule has 0 atom stereocenters. The molecule has 0 unspecified atom stereocenters. The van der Waals surface area contributed by atoms with Gasteiger partial charge in [-0.3, -0.25) is 14.3 Å². The topological polar surface area (TPSA) is 72.7 Å². The molecule has 122 valence electrons. The maximum Gasteiger partial charge on any atom is 0.329 e. The van der Waals surface area contributed by atoms with Crippen LogP contribution in [0.15, 0.2) is 14.7 Å². The van der Waals surface area contributed by atoms with E-state index in [4.69, 9.17) is 0 Å². The van der Waals surface area contributed by atoms with Crippen LogP contribution in [0.1, 0.15) is 40.0 Å². The van der Waals surface area contributed by atoms with Crippen LogP contribution in [-0.4, -0.2) is 24.9 Å². The van der Waals surface area contributed by atoms with Crippen molar-refractivity contribution in [3.63, 3.8) is 0 Å². The van der Waals surface area contributed by atoms with Gasteiger partial charge in [-0.2, -0.15) is 0 Å². The zero-order valence-corrected chi connectivity index (χ0v) is 14.5. The molecule has 2 heterocycles. The first-order valence-corrected chi connectivity index (χ1v) is 8.76. The molecule has 1 N–H and O–H groups in total. The van der Waals surface area contributed by atoms with E-state index in [1.807, 2.05) is 4.57 Å². The fraction of sp³-hybridized carbons (Fsp3) is 0.667. The first kappa shape index (κ1) is 16.9. The van der Waals surface area contributed by atoms with E-state index < -0.39 is 5.69 Å². The van der Waals surface area contributed by atoms with Gasteiger partial charge in [0, 0.05) is 19.3 Å². The van der Waals surface area contributed by atoms with Gasteiger partial charge in [0.2, 0.25) is 0 Å². The molecule has 0 amide bonds. The molecule has 0 aromatic carbocycles. The van der Waals surface area contributed by atoms with Crippen LogP contribution in [0.3, 0.4) is 0 Å². The van der Waals surface area contributed by atoms with E-state index >= 15 is 0 Å². The lowest BCUT2D eigenvalue weighted by Gasteiger charge is -2.10. The van der Waals surface area contributed by atoms with E-state index in [0.717, 1.165) is 36.7 Å². The van der Waals surface area contributed by atoms with Crippen LogP contribution < -0.4 is 11.2 Å². The van der Waals surface area contributed by atoms with Gasteiger partial charge in [0.05, 0.1) is 0 Å². The molecule has 0 saturated heterocycles. The van der Waals surface area contributed by atoms with E-state index in [9.17, 15) is 9.59 Å². The van der Waals surface area contributed by atoms with Crippen molar-refractivity contribution in [3.8, 4) is 0 Å². The van der Waals surface area contributed by atoms with Crippen LogP contribution in [0, 0.1) is 5.92 Å². The number of aromatic amines is 1. The highest BCUT2D eigenvalue weighted by Crippen LogP contribution is 2.23. The minimum Gasteiger partial charge on any atom is -0.313 e. The van der Waals surface area contributed by atoms with Crippen LogP contribution in [0.5, 0.6) is 0 Å². The Kier molecular flexibility index (Phi) is 5.50. The Morgan fingerprint density at radius 1 is 1.32 bits per heavy atom. The highest BCUT2D eigenvalue weighted by Gasteiger charge is 2.17. The summed E-state index contributed by atoms with van der Waals surface area (Å²) in [6.07, 6.45) is 3.20. The number of imidazole rings is 1. The van der Waals surface area contributed by atoms with Gasteiger partial charge >= 0.3 is 5.69 Å². The number of H-pyrrole nitrogens is 1. The number of hydrogen-bond acceptors (Lipinski definition) is 4. The Balaban J connectivity index is 2.53. The number of nitrogens with zero attached hydrogens (tertiary/aromatic N) is 3. The first-order valence-electron chi connectivity index (χ1n) is 7.78. The number of hydrogen-bond donors (Lipinski definition) is 1. The predicted octanol–water partition coefficient (Wildman–Crippen LogP) is 2.36. The molecule has 0 aliphatic carbocycles. The Morgan fingerprint density at radius 3 is 2.68 bits per heavy atom. The molecule has 0 aliphatic rings. The monoisotopic (exact) mass is 324 g/mol. The van der Waals surface area contributed by atoms with Gasteiger partial charge < -0.3 is 4.57 Å². The fourth-order valence-electron chi connectivity index (χ4n) is 2.23. The van der Waals surface area contributed by atoms with E-state index in [0.29, 0.717) is 17.1 Å². The molecule has 6 nitrogen and oxygen atoms in total. The SMILES string of the molecule is CCCCSc1nc2c(c(=O)[nH]c(=O)n2C)n1CCC(C)C. The summed E-state index contributed by atoms with van der Waals surface area (Å²) in [7, 11) is 1.64. The van der Waals surface area contributed by atoms with Crippen LogP contribution in [0.2, 0.25) is 0 Å². The minimum absolute atomic E-state index is 0.350. The van der Waals surface area contributed by atoms with Gasteiger partial charge in [-0.05, 0) is 18.8 Å². The zero-order chi connectivity index (χ0) is 16.3. The van der Waals surface area contributed by atoms with Crippen molar-refractivity contribution >= 4 is 22.9 Å². The Bertz CT molecular complexity index is 757. The standard InChI is InChI=1S/C15H24N4O2S/c1-5-6-9-22-15-16-12-11(19(15)8-7-10(2)3)13(20)17-14(21)18(12)4/h10H,5-9H2,1-4H3,(H,17,20,21). The van der Waals surface area contributed by atoms with Gasteiger partial charge in [0.1, 0.15) is 0 Å². The lowest BCUT2D eigenvalue weighted by Crippen LogP contribution is -2.29. The Morgan fingerprint density at radius 2 is 2.05 bits per heavy atom. The van der Waals surface area contributed by atoms with E-state index in [-0.39, 0.29) is 5.56 Å². The molecule has 2 aromatic rings. The summed E-state index contributed by atoms with van der Waals surface area (Å²) in [5, 5.41) is 0.829. The first-order chi connectivity index (χ1) is 10.5. The van der Waals surface area contributed by atoms with E-state index in [1.54, 1.807) is 18.8 Å². The third-order valence-electron chi connectivity index (χ3n) is 3.63. The number of aromatic nitrogens is 4. The summed E-state index contributed by atoms with van der Waals surface area (Å²) >= 11 is 1.66. The summed E-state index contributed by atoms with van der Waals surface area (Å²) in [4.78, 5) is 30.9. The fourth-order valence-corrected chi connectivity index (χ4v) is 3.33. The summed E-state index contributed by atoms with van der Waals surface area (Å²) < 4.78 is 3.38. The molecule has 7 heteroatoms. The highest BCUT2D eigenvalue weighted by molar-refractivity contribution is 7.99. The van der Waals surface area contributed by atoms with Crippen molar-refractivity contribution in [1.29, 1.82) is 0 Å². The number of rotatable bonds is 7. The average Bonchev–Trinajstić information content (AvgIpc) is 2.82. The lowest BCUT2D eigenvalue weighted by molar-refractivity contribution is 0.503. The zero-order valence-electron chi connectivity index (χ0n) is 13.7. The molecule has 2 aromatic heterocycles. The molecular formula is C15H24N4O2S. The van der Waals surface area contributed by atoms with Crippen LogP contribution in [0.25, 0.3) is 11.2 Å². The van der Waals surface area contributed by atoms with Crippen molar-refractivity contribution < 1.29 is 0 Å². The number of fused-ring (bicyclic) bond motifs is 1. The van der Waals surface area contributed by atoms with Crippen LogP contribution in [0.4, 0.5) is 0 Å². The van der Waals surface area contributed by atoms with Crippen molar-refractivity contribution in [1.82, 2.24) is 19.1 Å². The maximum atomic E-state index is 12.2. The van der Waals surface area contributed by atoms with Crippen LogP contribution in [-0.2, 0) is 13.6 Å². The van der Waals surface area contributed by atoms with Gasteiger partial charge in [0.25, 0.3) is 5.56 Å². The number of nitrogens with one attached hydrogen (secondary N) is 1. The van der Waals surface area contributed by atoms with Crippen molar-refractivity contribution in [2.45, 2.75) is 51.7 Å². The summed E-state index contributed by atoms with van der Waals surface area (Å²) in [5.41, 5.74) is 0.200. The summed E-state index contributed by atoms with van der Waals surface area (Å²) in [6, 6.07) is 0. The Labute approximate surface area is 133 Å². The summed E-state index contributed by atoms with van der Waals surface area (Å²) in [5.74, 6) is 1.51. The molecule has 0 saturated carbocycles. The third-order valence-corrected chi connectivity index (χ3v) is 4.69.